The van der Waals surface area contributed by atoms with E-state index in [9.17, 15) is 8.42 Å². The summed E-state index contributed by atoms with van der Waals surface area (Å²) in [6.07, 6.45) is 0. The molecule has 0 spiro atoms. The zero-order chi connectivity index (χ0) is 14.6. The molecule has 0 heterocycles. The number of likely N-dealkylation sites (N-methyl/N-ethyl adjacent to an activating group) is 1. The SMILES string of the molecule is COc1cc(OC)cc(S(=O)(=O)N(C)C(C)CN)c1. The van der Waals surface area contributed by atoms with Crippen molar-refractivity contribution >= 4 is 10.0 Å². The lowest BCUT2D eigenvalue weighted by Crippen LogP contribution is -2.39. The molecule has 0 aliphatic heterocycles. The average Bonchev–Trinajstić information content (AvgIpc) is 2.44. The molecule has 0 fully saturated rings. The summed E-state index contributed by atoms with van der Waals surface area (Å²) in [7, 11) is 0.816. The highest BCUT2D eigenvalue weighted by Crippen LogP contribution is 2.27. The Labute approximate surface area is 114 Å². The number of methoxy groups -OCH3 is 2. The van der Waals surface area contributed by atoms with E-state index in [-0.39, 0.29) is 17.5 Å². The van der Waals surface area contributed by atoms with Gasteiger partial charge in [0, 0.05) is 37.8 Å². The normalized spacial score (nSPS) is 13.4. The Morgan fingerprint density at radius 1 is 1.21 bits per heavy atom. The molecule has 1 unspecified atom stereocenters. The van der Waals surface area contributed by atoms with Crippen molar-refractivity contribution in [1.82, 2.24) is 4.31 Å². The first-order valence-electron chi connectivity index (χ1n) is 5.78. The van der Waals surface area contributed by atoms with Crippen LogP contribution in [0, 0.1) is 0 Å². The van der Waals surface area contributed by atoms with Gasteiger partial charge in [0.1, 0.15) is 11.5 Å². The first-order valence-corrected chi connectivity index (χ1v) is 7.22. The lowest BCUT2D eigenvalue weighted by Gasteiger charge is -2.23. The molecule has 19 heavy (non-hydrogen) atoms. The molecule has 1 aromatic carbocycles. The van der Waals surface area contributed by atoms with E-state index in [1.165, 1.54) is 37.7 Å². The monoisotopic (exact) mass is 288 g/mol. The molecule has 0 aliphatic rings. The summed E-state index contributed by atoms with van der Waals surface area (Å²) in [6, 6.07) is 4.24. The number of hydrogen-bond donors (Lipinski definition) is 1. The van der Waals surface area contributed by atoms with Gasteiger partial charge in [0.15, 0.2) is 0 Å². The zero-order valence-electron chi connectivity index (χ0n) is 11.6. The number of rotatable bonds is 6. The molecule has 1 aromatic rings. The Morgan fingerprint density at radius 2 is 1.68 bits per heavy atom. The number of sulfonamides is 1. The van der Waals surface area contributed by atoms with Crippen molar-refractivity contribution in [3.8, 4) is 11.5 Å². The number of hydrogen-bond acceptors (Lipinski definition) is 5. The van der Waals surface area contributed by atoms with Crippen LogP contribution in [0.25, 0.3) is 0 Å². The van der Waals surface area contributed by atoms with Crippen LogP contribution in [0.2, 0.25) is 0 Å². The fraction of sp³-hybridized carbons (Fsp3) is 0.500. The van der Waals surface area contributed by atoms with Gasteiger partial charge in [-0.3, -0.25) is 0 Å². The highest BCUT2D eigenvalue weighted by atomic mass is 32.2. The van der Waals surface area contributed by atoms with Gasteiger partial charge in [-0.2, -0.15) is 4.31 Å². The fourth-order valence-corrected chi connectivity index (χ4v) is 2.90. The zero-order valence-corrected chi connectivity index (χ0v) is 12.4. The maximum atomic E-state index is 12.4. The third-order valence-electron chi connectivity index (χ3n) is 2.96. The molecule has 0 aliphatic carbocycles. The van der Waals surface area contributed by atoms with E-state index in [1.807, 2.05) is 0 Å². The first-order chi connectivity index (χ1) is 8.86. The third-order valence-corrected chi connectivity index (χ3v) is 4.91. The quantitative estimate of drug-likeness (QED) is 0.832. The molecule has 1 atom stereocenters. The summed E-state index contributed by atoms with van der Waals surface area (Å²) in [6.45, 7) is 1.99. The van der Waals surface area contributed by atoms with Crippen molar-refractivity contribution in [3.63, 3.8) is 0 Å². The predicted octanol–water partition coefficient (Wildman–Crippen LogP) is 0.672. The highest BCUT2D eigenvalue weighted by Gasteiger charge is 2.25. The summed E-state index contributed by atoms with van der Waals surface area (Å²) < 4.78 is 36.2. The predicted molar refractivity (Wildman–Crippen MR) is 73.0 cm³/mol. The summed E-state index contributed by atoms with van der Waals surface area (Å²) >= 11 is 0. The van der Waals surface area contributed by atoms with Crippen molar-refractivity contribution in [2.45, 2.75) is 17.9 Å². The lowest BCUT2D eigenvalue weighted by molar-refractivity contribution is 0.384. The molecule has 0 bridgehead atoms. The van der Waals surface area contributed by atoms with Gasteiger partial charge in [-0.05, 0) is 6.92 Å². The van der Waals surface area contributed by atoms with Gasteiger partial charge in [-0.1, -0.05) is 0 Å². The Bertz CT molecular complexity index is 508. The molecule has 0 aromatic heterocycles. The van der Waals surface area contributed by atoms with E-state index in [0.29, 0.717) is 11.5 Å². The Balaban J connectivity index is 3.28. The van der Waals surface area contributed by atoms with E-state index < -0.39 is 10.0 Å². The standard InChI is InChI=1S/C12H20N2O4S/c1-9(8-13)14(2)19(15,16)12-6-10(17-3)5-11(7-12)18-4/h5-7,9H,8,13H2,1-4H3. The average molecular weight is 288 g/mol. The maximum absolute atomic E-state index is 12.4. The minimum Gasteiger partial charge on any atom is -0.497 e. The second-order valence-electron chi connectivity index (χ2n) is 4.15. The molecule has 0 saturated heterocycles. The Kier molecular flexibility index (Phi) is 5.16. The molecule has 0 amide bonds. The third kappa shape index (κ3) is 3.37. The van der Waals surface area contributed by atoms with Crippen LogP contribution in [0.4, 0.5) is 0 Å². The minimum absolute atomic E-state index is 0.117. The number of nitrogens with two attached hydrogens (primary N) is 1. The first kappa shape index (κ1) is 15.7. The molecule has 2 N–H and O–H groups in total. The van der Waals surface area contributed by atoms with Crippen LogP contribution in [-0.4, -0.2) is 46.6 Å². The van der Waals surface area contributed by atoms with Crippen molar-refractivity contribution in [3.05, 3.63) is 18.2 Å². The molecule has 6 nitrogen and oxygen atoms in total. The molecule has 0 radical (unpaired) electrons. The van der Waals surface area contributed by atoms with Gasteiger partial charge in [0.05, 0.1) is 19.1 Å². The molecular formula is C12H20N2O4S. The minimum atomic E-state index is -3.62. The number of nitrogens with zero attached hydrogens (tertiary/aromatic N) is 1. The van der Waals surface area contributed by atoms with Crippen LogP contribution in [0.15, 0.2) is 23.1 Å². The molecule has 108 valence electrons. The summed E-state index contributed by atoms with van der Waals surface area (Å²) in [5.41, 5.74) is 5.50. The number of benzene rings is 1. The second-order valence-corrected chi connectivity index (χ2v) is 6.15. The van der Waals surface area contributed by atoms with Gasteiger partial charge in [-0.25, -0.2) is 8.42 Å². The summed E-state index contributed by atoms with van der Waals surface area (Å²) in [5.74, 6) is 0.846. The maximum Gasteiger partial charge on any atom is 0.243 e. The van der Waals surface area contributed by atoms with Gasteiger partial charge in [0.2, 0.25) is 10.0 Å². The topological polar surface area (TPSA) is 81.9 Å². The smallest absolute Gasteiger partial charge is 0.243 e. The van der Waals surface area contributed by atoms with E-state index in [4.69, 9.17) is 15.2 Å². The van der Waals surface area contributed by atoms with Gasteiger partial charge >= 0.3 is 0 Å². The van der Waals surface area contributed by atoms with E-state index in [2.05, 4.69) is 0 Å². The molecule has 0 saturated carbocycles. The lowest BCUT2D eigenvalue weighted by atomic mass is 10.3. The van der Waals surface area contributed by atoms with Crippen molar-refractivity contribution < 1.29 is 17.9 Å². The Hall–Kier alpha value is -1.31. The van der Waals surface area contributed by atoms with Crippen LogP contribution in [0.3, 0.4) is 0 Å². The molecule has 7 heteroatoms. The second kappa shape index (κ2) is 6.23. The van der Waals surface area contributed by atoms with Crippen molar-refractivity contribution in [1.29, 1.82) is 0 Å². The van der Waals surface area contributed by atoms with Gasteiger partial charge in [0.25, 0.3) is 0 Å². The van der Waals surface area contributed by atoms with Crippen molar-refractivity contribution in [2.75, 3.05) is 27.8 Å². The van der Waals surface area contributed by atoms with Crippen LogP contribution in [0.5, 0.6) is 11.5 Å². The van der Waals surface area contributed by atoms with Gasteiger partial charge < -0.3 is 15.2 Å². The molecular weight excluding hydrogens is 268 g/mol. The Morgan fingerprint density at radius 3 is 2.05 bits per heavy atom. The van der Waals surface area contributed by atoms with Crippen LogP contribution in [-0.2, 0) is 10.0 Å². The molecule has 1 rings (SSSR count). The summed E-state index contributed by atoms with van der Waals surface area (Å²) in [5, 5.41) is 0. The largest absolute Gasteiger partial charge is 0.497 e. The van der Waals surface area contributed by atoms with Gasteiger partial charge in [-0.15, -0.1) is 0 Å². The van der Waals surface area contributed by atoms with Crippen molar-refractivity contribution in [2.24, 2.45) is 5.73 Å². The fourth-order valence-electron chi connectivity index (χ4n) is 1.48. The summed E-state index contributed by atoms with van der Waals surface area (Å²) in [4.78, 5) is 0.117. The van der Waals surface area contributed by atoms with Crippen LogP contribution < -0.4 is 15.2 Å². The van der Waals surface area contributed by atoms with E-state index in [1.54, 1.807) is 13.0 Å². The number of ether oxygens (including phenoxy) is 2. The van der Waals surface area contributed by atoms with Crippen LogP contribution in [0.1, 0.15) is 6.92 Å². The van der Waals surface area contributed by atoms with E-state index in [0.717, 1.165) is 0 Å². The van der Waals surface area contributed by atoms with Crippen LogP contribution >= 0.6 is 0 Å². The highest BCUT2D eigenvalue weighted by molar-refractivity contribution is 7.89. The van der Waals surface area contributed by atoms with E-state index >= 15 is 0 Å².